The molecule has 0 fully saturated rings. The van der Waals surface area contributed by atoms with Crippen molar-refractivity contribution in [2.24, 2.45) is 11.3 Å². The summed E-state index contributed by atoms with van der Waals surface area (Å²) in [4.78, 5) is 9.70. The van der Waals surface area contributed by atoms with Crippen LogP contribution in [0.2, 0.25) is 0 Å². The summed E-state index contributed by atoms with van der Waals surface area (Å²) >= 11 is 0. The van der Waals surface area contributed by atoms with Crippen molar-refractivity contribution in [1.29, 1.82) is 0 Å². The van der Waals surface area contributed by atoms with E-state index in [4.69, 9.17) is 10.2 Å². The molecule has 4 N–H and O–H groups in total. The zero-order valence-corrected chi connectivity index (χ0v) is 16.2. The number of carbonyl (C=O) groups is 1. The Labute approximate surface area is 142 Å². The quantitative estimate of drug-likeness (QED) is 0.399. The molecule has 0 saturated heterocycles. The van der Waals surface area contributed by atoms with Gasteiger partial charge < -0.3 is 20.4 Å². The normalized spacial score (nSPS) is 11.3. The van der Waals surface area contributed by atoms with Crippen molar-refractivity contribution < 1.29 is 25.2 Å². The van der Waals surface area contributed by atoms with Gasteiger partial charge in [-0.25, -0.2) is 0 Å². The van der Waals surface area contributed by atoms with Crippen LogP contribution in [-0.2, 0) is 4.79 Å². The van der Waals surface area contributed by atoms with Crippen molar-refractivity contribution in [2.45, 2.75) is 92.8 Å². The lowest BCUT2D eigenvalue weighted by Crippen LogP contribution is -2.41. The van der Waals surface area contributed by atoms with E-state index in [1.54, 1.807) is 13.8 Å². The van der Waals surface area contributed by atoms with E-state index in [0.29, 0.717) is 6.61 Å². The van der Waals surface area contributed by atoms with Gasteiger partial charge in [-0.1, -0.05) is 67.2 Å². The summed E-state index contributed by atoms with van der Waals surface area (Å²) in [5.74, 6) is -2.52. The minimum Gasteiger partial charge on any atom is -0.481 e. The number of carboxylic acids is 1. The smallest absolute Gasteiger partial charge is 0.305 e. The Kier molecular flexibility index (Phi) is 17.6. The van der Waals surface area contributed by atoms with E-state index in [2.05, 4.69) is 6.92 Å². The predicted octanol–water partition coefficient (Wildman–Crippen LogP) is 3.80. The van der Waals surface area contributed by atoms with Crippen LogP contribution >= 0.6 is 0 Å². The maximum atomic E-state index is 9.70. The standard InChI is InChI=1S/C8H18O2.C6H14O.C4H8O2/c1-5-6-7(2,3)8(4,9)10;1-2-3-4-5-6-7;1-3(2)4(5)6/h9-10H,5-6H2,1-4H3;7H,2-6H2,1H3;3H,1-2H3,(H,5,6). The molecule has 0 unspecified atom stereocenters. The molecule has 142 valence electrons. The molecular formula is C18H40O5. The van der Waals surface area contributed by atoms with Crippen LogP contribution in [0.15, 0.2) is 0 Å². The Hall–Kier alpha value is -0.650. The fourth-order valence-electron chi connectivity index (χ4n) is 1.40. The summed E-state index contributed by atoms with van der Waals surface area (Å²) in [6.07, 6.45) is 6.49. The molecule has 0 saturated carbocycles. The molecule has 23 heavy (non-hydrogen) atoms. The second kappa shape index (κ2) is 14.9. The van der Waals surface area contributed by atoms with Crippen LogP contribution in [0.3, 0.4) is 0 Å². The van der Waals surface area contributed by atoms with Gasteiger partial charge >= 0.3 is 5.97 Å². The third-order valence-electron chi connectivity index (χ3n) is 3.66. The minimum atomic E-state index is -1.55. The van der Waals surface area contributed by atoms with Crippen molar-refractivity contribution >= 4 is 5.97 Å². The summed E-state index contributed by atoms with van der Waals surface area (Å²) < 4.78 is 0. The van der Waals surface area contributed by atoms with Crippen LogP contribution in [0.4, 0.5) is 0 Å². The summed E-state index contributed by atoms with van der Waals surface area (Å²) in [6.45, 7) is 13.0. The molecule has 0 atom stereocenters. The van der Waals surface area contributed by atoms with E-state index in [1.807, 2.05) is 20.8 Å². The highest BCUT2D eigenvalue weighted by atomic mass is 16.5. The van der Waals surface area contributed by atoms with Crippen LogP contribution in [0.1, 0.15) is 87.0 Å². The first-order valence-corrected chi connectivity index (χ1v) is 8.65. The van der Waals surface area contributed by atoms with E-state index in [1.165, 1.54) is 26.2 Å². The lowest BCUT2D eigenvalue weighted by molar-refractivity contribution is -0.220. The van der Waals surface area contributed by atoms with Gasteiger partial charge in [0.1, 0.15) is 0 Å². The van der Waals surface area contributed by atoms with Crippen molar-refractivity contribution in [3.8, 4) is 0 Å². The molecule has 0 bridgehead atoms. The number of hydrogen-bond acceptors (Lipinski definition) is 4. The van der Waals surface area contributed by atoms with Gasteiger partial charge in [-0.3, -0.25) is 4.79 Å². The number of carboxylic acid groups (broad SMARTS) is 1. The zero-order chi connectivity index (χ0) is 19.1. The lowest BCUT2D eigenvalue weighted by Gasteiger charge is -2.35. The predicted molar refractivity (Wildman–Crippen MR) is 95.2 cm³/mol. The monoisotopic (exact) mass is 336 g/mol. The Morgan fingerprint density at radius 2 is 1.39 bits per heavy atom. The second-order valence-corrected chi connectivity index (χ2v) is 6.93. The molecule has 0 aromatic carbocycles. The summed E-state index contributed by atoms with van der Waals surface area (Å²) in [6, 6.07) is 0. The zero-order valence-electron chi connectivity index (χ0n) is 16.2. The number of rotatable bonds is 8. The SMILES string of the molecule is CC(C)C(=O)O.CCCC(C)(C)C(C)(O)O.CCCCCCO. The van der Waals surface area contributed by atoms with Crippen LogP contribution < -0.4 is 0 Å². The van der Waals surface area contributed by atoms with E-state index < -0.39 is 17.2 Å². The van der Waals surface area contributed by atoms with Gasteiger partial charge in [0.25, 0.3) is 0 Å². The van der Waals surface area contributed by atoms with Crippen LogP contribution in [0.25, 0.3) is 0 Å². The number of aliphatic carboxylic acids is 1. The van der Waals surface area contributed by atoms with Crippen LogP contribution in [0, 0.1) is 11.3 Å². The Morgan fingerprint density at radius 1 is 0.957 bits per heavy atom. The van der Waals surface area contributed by atoms with E-state index in [0.717, 1.165) is 19.3 Å². The number of aliphatic hydroxyl groups is 3. The number of aliphatic hydroxyl groups excluding tert-OH is 1. The molecule has 0 aliphatic rings. The molecule has 5 nitrogen and oxygen atoms in total. The highest BCUT2D eigenvalue weighted by Gasteiger charge is 2.36. The summed E-state index contributed by atoms with van der Waals surface area (Å²) in [7, 11) is 0. The second-order valence-electron chi connectivity index (χ2n) is 6.93. The average molecular weight is 337 g/mol. The van der Waals surface area contributed by atoms with Crippen molar-refractivity contribution in [3.63, 3.8) is 0 Å². The van der Waals surface area contributed by atoms with Gasteiger partial charge in [0.05, 0.1) is 5.92 Å². The third kappa shape index (κ3) is 19.3. The highest BCUT2D eigenvalue weighted by Crippen LogP contribution is 2.32. The summed E-state index contributed by atoms with van der Waals surface area (Å²) in [5.41, 5.74) is -0.401. The van der Waals surface area contributed by atoms with Gasteiger partial charge in [-0.05, 0) is 19.8 Å². The summed E-state index contributed by atoms with van der Waals surface area (Å²) in [5, 5.41) is 34.7. The Morgan fingerprint density at radius 3 is 1.57 bits per heavy atom. The van der Waals surface area contributed by atoms with E-state index in [-0.39, 0.29) is 5.92 Å². The fraction of sp³-hybridized carbons (Fsp3) is 0.944. The van der Waals surface area contributed by atoms with Gasteiger partial charge in [0, 0.05) is 12.0 Å². The molecule has 0 aliphatic heterocycles. The van der Waals surface area contributed by atoms with E-state index >= 15 is 0 Å². The maximum Gasteiger partial charge on any atom is 0.305 e. The minimum absolute atomic E-state index is 0.231. The third-order valence-corrected chi connectivity index (χ3v) is 3.66. The maximum absolute atomic E-state index is 9.70. The molecule has 0 rings (SSSR count). The first-order chi connectivity index (χ1) is 10.4. The molecule has 0 radical (unpaired) electrons. The lowest BCUT2D eigenvalue weighted by atomic mass is 9.80. The van der Waals surface area contributed by atoms with Crippen molar-refractivity contribution in [2.75, 3.05) is 6.61 Å². The molecule has 0 aromatic heterocycles. The number of unbranched alkanes of at least 4 members (excludes halogenated alkanes) is 3. The fourth-order valence-corrected chi connectivity index (χ4v) is 1.40. The highest BCUT2D eigenvalue weighted by molar-refractivity contribution is 5.68. The molecule has 0 aromatic rings. The van der Waals surface area contributed by atoms with Crippen LogP contribution in [0.5, 0.6) is 0 Å². The average Bonchev–Trinajstić information content (AvgIpc) is 2.39. The van der Waals surface area contributed by atoms with Crippen LogP contribution in [-0.4, -0.2) is 38.8 Å². The van der Waals surface area contributed by atoms with Crippen molar-refractivity contribution in [1.82, 2.24) is 0 Å². The molecule has 0 aliphatic carbocycles. The molecule has 5 heteroatoms. The van der Waals surface area contributed by atoms with Gasteiger partial charge in [0.2, 0.25) is 0 Å². The molecular weight excluding hydrogens is 296 g/mol. The topological polar surface area (TPSA) is 98.0 Å². The Bertz CT molecular complexity index is 263. The van der Waals surface area contributed by atoms with Gasteiger partial charge in [-0.2, -0.15) is 0 Å². The van der Waals surface area contributed by atoms with E-state index in [9.17, 15) is 15.0 Å². The van der Waals surface area contributed by atoms with Gasteiger partial charge in [-0.15, -0.1) is 0 Å². The first kappa shape index (κ1) is 27.2. The Balaban J connectivity index is -0.000000272. The molecule has 0 spiro atoms. The van der Waals surface area contributed by atoms with Gasteiger partial charge in [0.15, 0.2) is 5.79 Å². The first-order valence-electron chi connectivity index (χ1n) is 8.65. The number of hydrogen-bond donors (Lipinski definition) is 4. The largest absolute Gasteiger partial charge is 0.481 e. The molecule has 0 amide bonds. The van der Waals surface area contributed by atoms with Crippen molar-refractivity contribution in [3.05, 3.63) is 0 Å². The molecule has 0 heterocycles.